The van der Waals surface area contributed by atoms with Crippen molar-refractivity contribution in [2.45, 2.75) is 6.18 Å². The number of hydrogen-bond acceptors (Lipinski definition) is 3. The van der Waals surface area contributed by atoms with Gasteiger partial charge in [0.25, 0.3) is 0 Å². The van der Waals surface area contributed by atoms with Gasteiger partial charge in [-0.25, -0.2) is 0 Å². The first-order valence-electron chi connectivity index (χ1n) is 5.16. The highest BCUT2D eigenvalue weighted by Crippen LogP contribution is 2.22. The van der Waals surface area contributed by atoms with Crippen LogP contribution in [0.1, 0.15) is 5.56 Å². The summed E-state index contributed by atoms with van der Waals surface area (Å²) in [6.45, 7) is -1.56. The fourth-order valence-electron chi connectivity index (χ4n) is 1.47. The van der Waals surface area contributed by atoms with E-state index < -0.39 is 12.7 Å². The Kier molecular flexibility index (Phi) is 4.92. The fourth-order valence-corrected chi connectivity index (χ4v) is 1.61. The minimum absolute atomic E-state index is 0.0913. The highest BCUT2D eigenvalue weighted by molar-refractivity contribution is 7.80. The molecule has 0 amide bonds. The van der Waals surface area contributed by atoms with E-state index in [9.17, 15) is 13.2 Å². The maximum Gasteiger partial charge on any atom is 0.405 e. The number of anilines is 1. The highest BCUT2D eigenvalue weighted by atomic mass is 32.1. The molecule has 0 aliphatic rings. The maximum atomic E-state index is 12.4. The predicted molar refractivity (Wildman–Crippen MR) is 67.7 cm³/mol. The van der Waals surface area contributed by atoms with Gasteiger partial charge in [0.15, 0.2) is 0 Å². The van der Waals surface area contributed by atoms with Gasteiger partial charge in [0.2, 0.25) is 0 Å². The summed E-state index contributed by atoms with van der Waals surface area (Å²) >= 11 is 4.75. The van der Waals surface area contributed by atoms with Crippen molar-refractivity contribution in [3.05, 3.63) is 29.8 Å². The molecule has 1 aromatic carbocycles. The topological polar surface area (TPSA) is 49.5 Å². The van der Waals surface area contributed by atoms with E-state index in [1.54, 1.807) is 12.1 Å². The van der Waals surface area contributed by atoms with Crippen molar-refractivity contribution in [1.82, 2.24) is 0 Å². The summed E-state index contributed by atoms with van der Waals surface area (Å²) in [5.41, 5.74) is 6.35. The van der Waals surface area contributed by atoms with Crippen LogP contribution in [0.15, 0.2) is 24.3 Å². The number of hydrogen-bond donors (Lipinski definition) is 2. The molecule has 0 aromatic heterocycles. The number of benzene rings is 1. The minimum atomic E-state index is -4.32. The lowest BCUT2D eigenvalue weighted by Gasteiger charge is -2.25. The zero-order chi connectivity index (χ0) is 13.8. The van der Waals surface area contributed by atoms with Gasteiger partial charge in [-0.15, -0.1) is 0 Å². The molecule has 0 aliphatic heterocycles. The van der Waals surface area contributed by atoms with E-state index in [2.05, 4.69) is 0 Å². The van der Waals surface area contributed by atoms with Crippen LogP contribution in [0.25, 0.3) is 0 Å². The van der Waals surface area contributed by atoms with E-state index in [1.165, 1.54) is 12.1 Å². The van der Waals surface area contributed by atoms with Crippen LogP contribution in [-0.4, -0.2) is 36.0 Å². The van der Waals surface area contributed by atoms with Crippen LogP contribution < -0.4 is 10.6 Å². The molecule has 0 bridgehead atoms. The van der Waals surface area contributed by atoms with E-state index in [1.807, 2.05) is 0 Å². The Morgan fingerprint density at radius 3 is 2.22 bits per heavy atom. The molecule has 1 aromatic rings. The van der Waals surface area contributed by atoms with Gasteiger partial charge >= 0.3 is 6.18 Å². The zero-order valence-electron chi connectivity index (χ0n) is 9.44. The lowest BCUT2D eigenvalue weighted by Crippen LogP contribution is -2.36. The molecule has 3 N–H and O–H groups in total. The summed E-state index contributed by atoms with van der Waals surface area (Å²) in [6, 6.07) is 6.10. The molecule has 7 heteroatoms. The van der Waals surface area contributed by atoms with Crippen molar-refractivity contribution in [2.24, 2.45) is 5.73 Å². The van der Waals surface area contributed by atoms with Crippen LogP contribution >= 0.6 is 12.2 Å². The van der Waals surface area contributed by atoms with Crippen molar-refractivity contribution in [2.75, 3.05) is 24.6 Å². The summed E-state index contributed by atoms with van der Waals surface area (Å²) in [7, 11) is 0. The van der Waals surface area contributed by atoms with Crippen LogP contribution in [0.5, 0.6) is 0 Å². The smallest absolute Gasteiger partial charge is 0.395 e. The Hall–Kier alpha value is -1.34. The lowest BCUT2D eigenvalue weighted by molar-refractivity contribution is -0.119. The Balaban J connectivity index is 2.88. The van der Waals surface area contributed by atoms with Gasteiger partial charge in [-0.1, -0.05) is 12.2 Å². The molecule has 0 aliphatic carbocycles. The molecule has 100 valence electrons. The first-order valence-corrected chi connectivity index (χ1v) is 5.57. The van der Waals surface area contributed by atoms with Crippen LogP contribution in [0.3, 0.4) is 0 Å². The second kappa shape index (κ2) is 6.01. The summed E-state index contributed by atoms with van der Waals surface area (Å²) < 4.78 is 37.1. The second-order valence-electron chi connectivity index (χ2n) is 3.67. The third-order valence-corrected chi connectivity index (χ3v) is 2.49. The highest BCUT2D eigenvalue weighted by Gasteiger charge is 2.30. The lowest BCUT2D eigenvalue weighted by atomic mass is 10.2. The average molecular weight is 278 g/mol. The summed E-state index contributed by atoms with van der Waals surface area (Å²) in [4.78, 5) is 1.23. The number of halogens is 3. The normalized spacial score (nSPS) is 11.3. The third-order valence-electron chi connectivity index (χ3n) is 2.26. The van der Waals surface area contributed by atoms with Gasteiger partial charge < -0.3 is 15.7 Å². The Morgan fingerprint density at radius 2 is 1.83 bits per heavy atom. The Morgan fingerprint density at radius 1 is 1.28 bits per heavy atom. The molecule has 0 saturated heterocycles. The quantitative estimate of drug-likeness (QED) is 0.805. The summed E-state index contributed by atoms with van der Waals surface area (Å²) in [5.74, 6) is 0. The van der Waals surface area contributed by atoms with Crippen LogP contribution in [0.4, 0.5) is 18.9 Å². The Bertz CT molecular complexity index is 406. The van der Waals surface area contributed by atoms with Crippen LogP contribution in [0.2, 0.25) is 0 Å². The molecule has 0 radical (unpaired) electrons. The van der Waals surface area contributed by atoms with Gasteiger partial charge in [-0.05, 0) is 24.3 Å². The SMILES string of the molecule is NC(=S)c1ccc(N(CCO)CC(F)(F)F)cc1. The van der Waals surface area contributed by atoms with Crippen molar-refractivity contribution < 1.29 is 18.3 Å². The molecule has 0 unspecified atom stereocenters. The van der Waals surface area contributed by atoms with E-state index in [0.29, 0.717) is 11.3 Å². The maximum absolute atomic E-state index is 12.4. The number of rotatable bonds is 5. The van der Waals surface area contributed by atoms with Gasteiger partial charge in [0.1, 0.15) is 11.5 Å². The molecule has 0 spiro atoms. The van der Waals surface area contributed by atoms with Gasteiger partial charge in [-0.3, -0.25) is 0 Å². The molecular weight excluding hydrogens is 265 g/mol. The molecule has 0 heterocycles. The number of aliphatic hydroxyl groups excluding tert-OH is 1. The number of thiocarbonyl (C=S) groups is 1. The first kappa shape index (κ1) is 14.7. The van der Waals surface area contributed by atoms with E-state index in [0.717, 1.165) is 4.90 Å². The van der Waals surface area contributed by atoms with Crippen molar-refractivity contribution in [3.63, 3.8) is 0 Å². The third kappa shape index (κ3) is 4.50. The van der Waals surface area contributed by atoms with Crippen molar-refractivity contribution in [3.8, 4) is 0 Å². The molecule has 0 fully saturated rings. The van der Waals surface area contributed by atoms with Crippen LogP contribution in [0, 0.1) is 0 Å². The molecule has 18 heavy (non-hydrogen) atoms. The van der Waals surface area contributed by atoms with Gasteiger partial charge in [0.05, 0.1) is 6.61 Å². The zero-order valence-corrected chi connectivity index (χ0v) is 10.3. The summed E-state index contributed by atoms with van der Waals surface area (Å²) in [6.07, 6.45) is -4.32. The molecule has 3 nitrogen and oxygen atoms in total. The fraction of sp³-hybridized carbons (Fsp3) is 0.364. The minimum Gasteiger partial charge on any atom is -0.395 e. The predicted octanol–water partition coefficient (Wildman–Crippen LogP) is 1.68. The number of alkyl halides is 3. The number of nitrogens with zero attached hydrogens (tertiary/aromatic N) is 1. The van der Waals surface area contributed by atoms with E-state index in [-0.39, 0.29) is 18.1 Å². The van der Waals surface area contributed by atoms with Crippen LogP contribution in [-0.2, 0) is 0 Å². The second-order valence-corrected chi connectivity index (χ2v) is 4.11. The number of nitrogens with two attached hydrogens (primary N) is 1. The van der Waals surface area contributed by atoms with E-state index >= 15 is 0 Å². The summed E-state index contributed by atoms with van der Waals surface area (Å²) in [5, 5.41) is 8.79. The van der Waals surface area contributed by atoms with Gasteiger partial charge in [-0.2, -0.15) is 13.2 Å². The molecular formula is C11H13F3N2OS. The number of aliphatic hydroxyl groups is 1. The largest absolute Gasteiger partial charge is 0.405 e. The standard InChI is InChI=1S/C11H13F3N2OS/c12-11(13,14)7-16(5-6-17)9-3-1-8(2-4-9)10(15)18/h1-4,17H,5-7H2,(H2,15,18). The van der Waals surface area contributed by atoms with Crippen molar-refractivity contribution in [1.29, 1.82) is 0 Å². The molecule has 1 rings (SSSR count). The van der Waals surface area contributed by atoms with E-state index in [4.69, 9.17) is 23.1 Å². The monoisotopic (exact) mass is 278 g/mol. The molecule has 0 saturated carbocycles. The Labute approximate surface area is 108 Å². The average Bonchev–Trinajstić information content (AvgIpc) is 2.27. The first-order chi connectivity index (χ1) is 8.33. The van der Waals surface area contributed by atoms with Gasteiger partial charge in [0, 0.05) is 17.8 Å². The van der Waals surface area contributed by atoms with Crippen molar-refractivity contribution >= 4 is 22.9 Å². The molecule has 0 atom stereocenters.